The molecule has 0 radical (unpaired) electrons. The van der Waals surface area contributed by atoms with Crippen molar-refractivity contribution in [2.45, 2.75) is 59.2 Å². The van der Waals surface area contributed by atoms with Gasteiger partial charge in [0, 0.05) is 0 Å². The van der Waals surface area contributed by atoms with Crippen LogP contribution in [0, 0.1) is 29.1 Å². The average Bonchev–Trinajstić information content (AvgIpc) is 2.74. The fourth-order valence-corrected chi connectivity index (χ4v) is 4.08. The number of rotatable bonds is 1. The van der Waals surface area contributed by atoms with E-state index in [1.807, 2.05) is 13.8 Å². The first-order chi connectivity index (χ1) is 8.90. The van der Waals surface area contributed by atoms with Gasteiger partial charge in [0.2, 0.25) is 0 Å². The van der Waals surface area contributed by atoms with Crippen LogP contribution >= 0.6 is 0 Å². The van der Waals surface area contributed by atoms with Gasteiger partial charge in [0.05, 0.1) is 0 Å². The van der Waals surface area contributed by atoms with E-state index in [2.05, 4.69) is 0 Å². The van der Waals surface area contributed by atoms with Crippen LogP contribution in [0.1, 0.15) is 47.5 Å². The Balaban J connectivity index is 2.38. The molecule has 0 aliphatic heterocycles. The van der Waals surface area contributed by atoms with Gasteiger partial charge < -0.3 is 4.74 Å². The molecule has 0 spiro atoms. The maximum Gasteiger partial charge on any atom is 0.405 e. The summed E-state index contributed by atoms with van der Waals surface area (Å²) >= 11 is 0. The molecule has 116 valence electrons. The molecule has 5 heteroatoms. The molecule has 0 N–H and O–H groups in total. The van der Waals surface area contributed by atoms with E-state index in [0.717, 1.165) is 0 Å². The summed E-state index contributed by atoms with van der Waals surface area (Å²) in [7, 11) is 0. The normalized spacial score (nSPS) is 41.0. The fraction of sp³-hybridized carbons (Fsp3) is 0.933. The van der Waals surface area contributed by atoms with Gasteiger partial charge in [-0.1, -0.05) is 13.8 Å². The van der Waals surface area contributed by atoms with Crippen LogP contribution < -0.4 is 0 Å². The molecule has 2 aliphatic rings. The Bertz CT molecular complexity index is 408. The molecule has 0 saturated heterocycles. The molecule has 2 fully saturated rings. The largest absolute Gasteiger partial charge is 0.459 e. The molecule has 2 saturated carbocycles. The first-order valence-corrected chi connectivity index (χ1v) is 7.20. The number of hydrogen-bond acceptors (Lipinski definition) is 2. The molecule has 5 unspecified atom stereocenters. The summed E-state index contributed by atoms with van der Waals surface area (Å²) in [6.45, 7) is 8.64. The molecule has 0 amide bonds. The second kappa shape index (κ2) is 4.38. The second-order valence-electron chi connectivity index (χ2n) is 7.50. The standard InChI is InChI=1S/C15H23F3O2/c1-8-9(2)11-6-10(8)7-14(11,15(16,17)18)12(19)20-13(3,4)5/h8-11H,6-7H2,1-5H3. The number of fused-ring (bicyclic) bond motifs is 2. The van der Waals surface area contributed by atoms with Crippen molar-refractivity contribution >= 4 is 5.97 Å². The van der Waals surface area contributed by atoms with E-state index in [1.54, 1.807) is 20.8 Å². The van der Waals surface area contributed by atoms with Gasteiger partial charge in [-0.15, -0.1) is 0 Å². The predicted molar refractivity (Wildman–Crippen MR) is 68.9 cm³/mol. The van der Waals surface area contributed by atoms with Crippen molar-refractivity contribution in [3.63, 3.8) is 0 Å². The molecule has 0 aromatic heterocycles. The van der Waals surface area contributed by atoms with Crippen molar-refractivity contribution < 1.29 is 22.7 Å². The minimum atomic E-state index is -4.54. The van der Waals surface area contributed by atoms with Crippen molar-refractivity contribution in [3.8, 4) is 0 Å². The number of esters is 1. The van der Waals surface area contributed by atoms with Crippen molar-refractivity contribution in [3.05, 3.63) is 0 Å². The lowest BCUT2D eigenvalue weighted by molar-refractivity contribution is -0.258. The van der Waals surface area contributed by atoms with E-state index in [4.69, 9.17) is 4.74 Å². The highest BCUT2D eigenvalue weighted by Crippen LogP contribution is 2.66. The van der Waals surface area contributed by atoms with E-state index in [1.165, 1.54) is 0 Å². The maximum atomic E-state index is 13.7. The molecule has 0 aromatic carbocycles. The Kier molecular flexibility index (Phi) is 3.42. The molecule has 20 heavy (non-hydrogen) atoms. The zero-order chi connectivity index (χ0) is 15.5. The Labute approximate surface area is 118 Å². The summed E-state index contributed by atoms with van der Waals surface area (Å²) in [6, 6.07) is 0. The SMILES string of the molecule is CC1C2CC(C1C)C(C(=O)OC(C)(C)C)(C(F)(F)F)C2. The maximum absolute atomic E-state index is 13.7. The van der Waals surface area contributed by atoms with Gasteiger partial charge in [-0.3, -0.25) is 4.79 Å². The number of carbonyl (C=O) groups excluding carboxylic acids is 1. The summed E-state index contributed by atoms with van der Waals surface area (Å²) in [5.41, 5.74) is -3.19. The molecular formula is C15H23F3O2. The predicted octanol–water partition coefficient (Wildman–Crippen LogP) is 4.19. The van der Waals surface area contributed by atoms with Gasteiger partial charge in [0.25, 0.3) is 0 Å². The smallest absolute Gasteiger partial charge is 0.405 e. The highest BCUT2D eigenvalue weighted by molar-refractivity contribution is 5.79. The number of ether oxygens (including phenoxy) is 1. The zero-order valence-electron chi connectivity index (χ0n) is 12.7. The topological polar surface area (TPSA) is 26.3 Å². The number of halogens is 3. The molecule has 5 atom stereocenters. The molecule has 2 rings (SSSR count). The molecular weight excluding hydrogens is 269 g/mol. The van der Waals surface area contributed by atoms with Crippen LogP contribution in [0.3, 0.4) is 0 Å². The van der Waals surface area contributed by atoms with E-state index >= 15 is 0 Å². The molecule has 2 aliphatic carbocycles. The van der Waals surface area contributed by atoms with Crippen LogP contribution in [0.4, 0.5) is 13.2 Å². The summed E-state index contributed by atoms with van der Waals surface area (Å²) in [4.78, 5) is 12.3. The van der Waals surface area contributed by atoms with Crippen molar-refractivity contribution in [1.29, 1.82) is 0 Å². The summed E-state index contributed by atoms with van der Waals surface area (Å²) in [6.07, 6.45) is -4.16. The van der Waals surface area contributed by atoms with Crippen LogP contribution in [0.25, 0.3) is 0 Å². The minimum Gasteiger partial charge on any atom is -0.459 e. The lowest BCUT2D eigenvalue weighted by atomic mass is 9.65. The number of alkyl halides is 3. The summed E-state index contributed by atoms with van der Waals surface area (Å²) in [5.74, 6) is -1.59. The Morgan fingerprint density at radius 3 is 2.05 bits per heavy atom. The molecule has 2 nitrogen and oxygen atoms in total. The minimum absolute atomic E-state index is 0.0239. The van der Waals surface area contributed by atoms with E-state index in [-0.39, 0.29) is 24.2 Å². The van der Waals surface area contributed by atoms with Crippen molar-refractivity contribution in [2.75, 3.05) is 0 Å². The van der Waals surface area contributed by atoms with Gasteiger partial charge >= 0.3 is 12.1 Å². The lowest BCUT2D eigenvalue weighted by Crippen LogP contribution is -2.54. The van der Waals surface area contributed by atoms with Crippen LogP contribution in [-0.4, -0.2) is 17.7 Å². The summed E-state index contributed by atoms with van der Waals surface area (Å²) in [5, 5.41) is 0. The van der Waals surface area contributed by atoms with E-state index in [0.29, 0.717) is 6.42 Å². The van der Waals surface area contributed by atoms with Crippen LogP contribution in [0.15, 0.2) is 0 Å². The number of carbonyl (C=O) groups is 1. The second-order valence-corrected chi connectivity index (χ2v) is 7.50. The summed E-state index contributed by atoms with van der Waals surface area (Å²) < 4.78 is 46.2. The number of hydrogen-bond donors (Lipinski definition) is 0. The molecule has 2 bridgehead atoms. The first-order valence-electron chi connectivity index (χ1n) is 7.20. The van der Waals surface area contributed by atoms with Crippen LogP contribution in [0.5, 0.6) is 0 Å². The van der Waals surface area contributed by atoms with Gasteiger partial charge in [0.15, 0.2) is 5.41 Å². The zero-order valence-corrected chi connectivity index (χ0v) is 12.7. The van der Waals surface area contributed by atoms with Crippen LogP contribution in [-0.2, 0) is 9.53 Å². The van der Waals surface area contributed by atoms with Gasteiger partial charge in [-0.25, -0.2) is 0 Å². The molecule has 0 heterocycles. The Morgan fingerprint density at radius 1 is 1.15 bits per heavy atom. The quantitative estimate of drug-likeness (QED) is 0.677. The third-order valence-corrected chi connectivity index (χ3v) is 5.25. The fourth-order valence-electron chi connectivity index (χ4n) is 4.08. The third kappa shape index (κ3) is 2.13. The molecule has 0 aromatic rings. The first kappa shape index (κ1) is 15.6. The third-order valence-electron chi connectivity index (χ3n) is 5.25. The van der Waals surface area contributed by atoms with Crippen LogP contribution in [0.2, 0.25) is 0 Å². The van der Waals surface area contributed by atoms with Gasteiger partial charge in [0.1, 0.15) is 5.60 Å². The highest BCUT2D eigenvalue weighted by atomic mass is 19.4. The van der Waals surface area contributed by atoms with Crippen molar-refractivity contribution in [2.24, 2.45) is 29.1 Å². The van der Waals surface area contributed by atoms with Gasteiger partial charge in [-0.05, 0) is 57.3 Å². The van der Waals surface area contributed by atoms with Gasteiger partial charge in [-0.2, -0.15) is 13.2 Å². The van der Waals surface area contributed by atoms with Crippen molar-refractivity contribution in [1.82, 2.24) is 0 Å². The monoisotopic (exact) mass is 292 g/mol. The average molecular weight is 292 g/mol. The highest BCUT2D eigenvalue weighted by Gasteiger charge is 2.73. The lowest BCUT2D eigenvalue weighted by Gasteiger charge is -2.43. The van der Waals surface area contributed by atoms with E-state index < -0.39 is 29.1 Å². The van der Waals surface area contributed by atoms with E-state index in [9.17, 15) is 18.0 Å². The Morgan fingerprint density at radius 2 is 1.70 bits per heavy atom. The Hall–Kier alpha value is -0.740.